The predicted molar refractivity (Wildman–Crippen MR) is 208 cm³/mol. The molecule has 14 heteroatoms. The highest BCUT2D eigenvalue weighted by atomic mass is 35.5. The molecule has 0 spiro atoms. The lowest BCUT2D eigenvalue weighted by atomic mass is 9.87. The zero-order chi connectivity index (χ0) is 37.0. The molecule has 2 saturated heterocycles. The van der Waals surface area contributed by atoms with Gasteiger partial charge in [-0.25, -0.2) is 0 Å². The molecular weight excluding hydrogens is 747 g/mol. The third kappa shape index (κ3) is 11.3. The number of ether oxygens (including phenoxy) is 4. The molecule has 0 radical (unpaired) electrons. The van der Waals surface area contributed by atoms with Crippen LogP contribution in [0.5, 0.6) is 23.0 Å². The van der Waals surface area contributed by atoms with Crippen LogP contribution < -0.4 is 29.6 Å². The molecule has 280 valence electrons. The van der Waals surface area contributed by atoms with Crippen molar-refractivity contribution in [1.29, 1.82) is 0 Å². The average Bonchev–Trinajstić information content (AvgIpc) is 3.63. The smallest absolute Gasteiger partial charge is 0.290 e. The Kier molecular flexibility index (Phi) is 15.1. The van der Waals surface area contributed by atoms with Crippen LogP contribution in [-0.2, 0) is 9.59 Å². The van der Waals surface area contributed by atoms with Crippen molar-refractivity contribution in [3.63, 3.8) is 0 Å². The summed E-state index contributed by atoms with van der Waals surface area (Å²) in [6.07, 6.45) is 18.3. The van der Waals surface area contributed by atoms with Gasteiger partial charge < -0.3 is 18.9 Å². The fourth-order valence-corrected chi connectivity index (χ4v) is 8.59. The number of hydrogen-bond acceptors (Lipinski definition) is 10. The quantitative estimate of drug-likeness (QED) is 0.201. The predicted octanol–water partition coefficient (Wildman–Crippen LogP) is 10.0. The van der Waals surface area contributed by atoms with Crippen molar-refractivity contribution in [3.05, 3.63) is 55.2 Å². The zero-order valence-corrected chi connectivity index (χ0v) is 32.5. The molecule has 52 heavy (non-hydrogen) atoms. The second-order valence-corrected chi connectivity index (χ2v) is 15.9. The average molecular weight is 792 g/mol. The van der Waals surface area contributed by atoms with Gasteiger partial charge in [-0.15, -0.1) is 0 Å². The molecule has 6 rings (SSSR count). The van der Waals surface area contributed by atoms with E-state index in [4.69, 9.17) is 42.1 Å². The molecule has 4 amide bonds. The highest BCUT2D eigenvalue weighted by molar-refractivity contribution is 8.18. The van der Waals surface area contributed by atoms with Gasteiger partial charge in [0.25, 0.3) is 22.3 Å². The van der Waals surface area contributed by atoms with E-state index in [1.54, 1.807) is 50.6 Å². The summed E-state index contributed by atoms with van der Waals surface area (Å²) in [5.74, 6) is 2.73. The highest BCUT2D eigenvalue weighted by Gasteiger charge is 2.27. The summed E-state index contributed by atoms with van der Waals surface area (Å²) in [7, 11) is 3.11. The normalized spacial score (nSPS) is 19.7. The second-order valence-electron chi connectivity index (χ2n) is 13.1. The van der Waals surface area contributed by atoms with Crippen molar-refractivity contribution in [2.24, 2.45) is 11.8 Å². The maximum Gasteiger partial charge on any atom is 0.290 e. The van der Waals surface area contributed by atoms with Gasteiger partial charge in [0.05, 0.1) is 47.3 Å². The fraction of sp³-hybridized carbons (Fsp3) is 0.474. The first-order valence-electron chi connectivity index (χ1n) is 17.6. The fourth-order valence-electron chi connectivity index (χ4n) is 6.68. The Morgan fingerprint density at radius 1 is 0.635 bits per heavy atom. The molecule has 4 aliphatic rings. The summed E-state index contributed by atoms with van der Waals surface area (Å²) in [5, 5.41) is 4.56. The number of carbonyl (C=O) groups excluding carboxylic acids is 4. The third-order valence-electron chi connectivity index (χ3n) is 9.38. The van der Waals surface area contributed by atoms with Crippen LogP contribution in [0.25, 0.3) is 12.2 Å². The van der Waals surface area contributed by atoms with E-state index in [1.807, 2.05) is 0 Å². The Bertz CT molecular complexity index is 1580. The van der Waals surface area contributed by atoms with Gasteiger partial charge in [0, 0.05) is 0 Å². The SMILES string of the molecule is COc1cc(C=C2SC(=O)NC2=O)cc(Cl)c1OCCC1CCCCC1.COc1cc(C=C2SC(=O)NC2=O)cc(Cl)c1OCCC1CCCCC1. The molecule has 0 aromatic heterocycles. The summed E-state index contributed by atoms with van der Waals surface area (Å²) in [6.45, 7) is 1.21. The minimum absolute atomic E-state index is 0.332. The molecule has 2 aromatic rings. The Labute approximate surface area is 323 Å². The van der Waals surface area contributed by atoms with Gasteiger partial charge in [-0.05, 0) is 95.7 Å². The van der Waals surface area contributed by atoms with Crippen LogP contribution in [0.2, 0.25) is 10.0 Å². The molecule has 2 heterocycles. The highest BCUT2D eigenvalue weighted by Crippen LogP contribution is 2.40. The van der Waals surface area contributed by atoms with E-state index in [0.717, 1.165) is 48.2 Å². The lowest BCUT2D eigenvalue weighted by Gasteiger charge is -2.22. The number of thioether (sulfide) groups is 2. The van der Waals surface area contributed by atoms with Crippen molar-refractivity contribution in [3.8, 4) is 23.0 Å². The Hall–Kier alpha value is -3.32. The standard InChI is InChI=1S/2C19H22ClNO4S/c2*1-24-15-10-13(11-16-18(22)21-19(23)26-16)9-14(20)17(15)25-8-7-12-5-3-2-4-6-12/h2*9-12H,2-8H2,1H3,(H,21,22,23). The number of hydrogen-bond donors (Lipinski definition) is 2. The monoisotopic (exact) mass is 790 g/mol. The number of methoxy groups -OCH3 is 2. The summed E-state index contributed by atoms with van der Waals surface area (Å²) >= 11 is 14.5. The number of imide groups is 2. The van der Waals surface area contributed by atoms with Crippen LogP contribution in [0, 0.1) is 11.8 Å². The maximum atomic E-state index is 11.7. The molecule has 0 unspecified atom stereocenters. The zero-order valence-electron chi connectivity index (χ0n) is 29.4. The van der Waals surface area contributed by atoms with Crippen molar-refractivity contribution in [1.82, 2.24) is 10.6 Å². The molecule has 10 nitrogen and oxygen atoms in total. The van der Waals surface area contributed by atoms with Crippen LogP contribution in [-0.4, -0.2) is 49.7 Å². The molecule has 2 N–H and O–H groups in total. The van der Waals surface area contributed by atoms with Crippen molar-refractivity contribution < 1.29 is 38.1 Å². The molecule has 2 saturated carbocycles. The van der Waals surface area contributed by atoms with Gasteiger partial charge in [-0.3, -0.25) is 29.8 Å². The summed E-state index contributed by atoms with van der Waals surface area (Å²) in [6, 6.07) is 6.93. The van der Waals surface area contributed by atoms with Crippen LogP contribution >= 0.6 is 46.7 Å². The minimum atomic E-state index is -0.400. The van der Waals surface area contributed by atoms with E-state index in [0.29, 0.717) is 67.2 Å². The Morgan fingerprint density at radius 2 is 1.02 bits per heavy atom. The molecule has 2 aliphatic carbocycles. The summed E-state index contributed by atoms with van der Waals surface area (Å²) in [4.78, 5) is 46.6. The molecular formula is C38H44Cl2N2O8S2. The topological polar surface area (TPSA) is 129 Å². The van der Waals surface area contributed by atoms with Gasteiger partial charge in [0.1, 0.15) is 0 Å². The van der Waals surface area contributed by atoms with Gasteiger partial charge in [-0.1, -0.05) is 87.4 Å². The van der Waals surface area contributed by atoms with Gasteiger partial charge in [-0.2, -0.15) is 0 Å². The van der Waals surface area contributed by atoms with E-state index >= 15 is 0 Å². The first-order chi connectivity index (χ1) is 25.1. The van der Waals surface area contributed by atoms with Crippen LogP contribution in [0.15, 0.2) is 34.1 Å². The lowest BCUT2D eigenvalue weighted by molar-refractivity contribution is -0.116. The number of rotatable bonds is 12. The number of halogens is 2. The molecule has 4 fully saturated rings. The largest absolute Gasteiger partial charge is 0.493 e. The minimum Gasteiger partial charge on any atom is -0.493 e. The van der Waals surface area contributed by atoms with Gasteiger partial charge in [0.2, 0.25) is 0 Å². The van der Waals surface area contributed by atoms with Crippen LogP contribution in [0.1, 0.15) is 88.2 Å². The third-order valence-corrected chi connectivity index (χ3v) is 11.6. The molecule has 0 atom stereocenters. The first kappa shape index (κ1) is 39.9. The second kappa shape index (κ2) is 19.7. The van der Waals surface area contributed by atoms with E-state index in [1.165, 1.54) is 64.2 Å². The van der Waals surface area contributed by atoms with Crippen molar-refractivity contribution in [2.45, 2.75) is 77.0 Å². The summed E-state index contributed by atoms with van der Waals surface area (Å²) in [5.41, 5.74) is 1.36. The first-order valence-corrected chi connectivity index (χ1v) is 20.0. The van der Waals surface area contributed by atoms with Crippen LogP contribution in [0.3, 0.4) is 0 Å². The van der Waals surface area contributed by atoms with E-state index in [2.05, 4.69) is 10.6 Å². The van der Waals surface area contributed by atoms with E-state index in [9.17, 15) is 19.2 Å². The number of amides is 4. The maximum absolute atomic E-state index is 11.7. The Morgan fingerprint density at radius 3 is 1.35 bits per heavy atom. The lowest BCUT2D eigenvalue weighted by Crippen LogP contribution is -2.17. The van der Waals surface area contributed by atoms with Crippen molar-refractivity contribution in [2.75, 3.05) is 27.4 Å². The van der Waals surface area contributed by atoms with Gasteiger partial charge in [0.15, 0.2) is 23.0 Å². The van der Waals surface area contributed by atoms with E-state index in [-0.39, 0.29) is 10.5 Å². The van der Waals surface area contributed by atoms with Crippen molar-refractivity contribution >= 4 is 81.2 Å². The van der Waals surface area contributed by atoms with Gasteiger partial charge >= 0.3 is 0 Å². The number of benzene rings is 2. The number of nitrogens with one attached hydrogen (secondary N) is 2. The Balaban J connectivity index is 0.000000201. The summed E-state index contributed by atoms with van der Waals surface area (Å²) < 4.78 is 22.6. The molecule has 0 bridgehead atoms. The van der Waals surface area contributed by atoms with Crippen LogP contribution in [0.4, 0.5) is 9.59 Å². The molecule has 2 aliphatic heterocycles. The number of carbonyl (C=O) groups is 4. The van der Waals surface area contributed by atoms with E-state index < -0.39 is 11.8 Å². The molecule has 2 aromatic carbocycles.